The lowest BCUT2D eigenvalue weighted by molar-refractivity contribution is 0.139. The molecule has 0 aliphatic heterocycles. The van der Waals surface area contributed by atoms with Crippen LogP contribution in [0.15, 0.2) is 36.8 Å². The number of hydrogen-bond acceptors (Lipinski definition) is 4. The van der Waals surface area contributed by atoms with Gasteiger partial charge in [0.15, 0.2) is 0 Å². The van der Waals surface area contributed by atoms with Gasteiger partial charge in [-0.3, -0.25) is 9.67 Å². The van der Waals surface area contributed by atoms with Crippen molar-refractivity contribution in [3.8, 4) is 0 Å². The molecule has 0 aromatic carbocycles. The van der Waals surface area contributed by atoms with Gasteiger partial charge < -0.3 is 10.4 Å². The van der Waals surface area contributed by atoms with E-state index in [4.69, 9.17) is 0 Å². The zero-order valence-electron chi connectivity index (χ0n) is 12.9. The molecular formula is C16H24N4O. The van der Waals surface area contributed by atoms with Crippen LogP contribution in [-0.2, 0) is 6.54 Å². The van der Waals surface area contributed by atoms with Crippen molar-refractivity contribution in [2.45, 2.75) is 39.5 Å². The second kappa shape index (κ2) is 7.33. The molecule has 114 valence electrons. The minimum atomic E-state index is -0.477. The van der Waals surface area contributed by atoms with Crippen molar-refractivity contribution in [3.05, 3.63) is 48.0 Å². The highest BCUT2D eigenvalue weighted by atomic mass is 16.3. The maximum atomic E-state index is 10.1. The Labute approximate surface area is 126 Å². The van der Waals surface area contributed by atoms with Gasteiger partial charge in [0, 0.05) is 25.1 Å². The normalized spacial score (nSPS) is 14.3. The third-order valence-corrected chi connectivity index (χ3v) is 3.54. The van der Waals surface area contributed by atoms with E-state index < -0.39 is 6.10 Å². The Morgan fingerprint density at radius 1 is 1.29 bits per heavy atom. The van der Waals surface area contributed by atoms with E-state index in [0.29, 0.717) is 19.0 Å². The standard InChI is InChI=1S/C16H24N4O/c1-12(2)15(16-13(3)6-4-7-17-16)18-10-14(21)11-20-9-5-8-19-20/h4-9,12,14-15,18,21H,10-11H2,1-3H3/t14-,15-/m1/s1. The highest BCUT2D eigenvalue weighted by Crippen LogP contribution is 2.22. The number of aryl methyl sites for hydroxylation is 1. The van der Waals surface area contributed by atoms with Crippen LogP contribution in [0.1, 0.15) is 31.1 Å². The molecule has 5 heteroatoms. The van der Waals surface area contributed by atoms with Gasteiger partial charge in [0.2, 0.25) is 0 Å². The highest BCUT2D eigenvalue weighted by molar-refractivity contribution is 5.21. The molecule has 0 unspecified atom stereocenters. The minimum absolute atomic E-state index is 0.137. The molecule has 2 rings (SSSR count). The highest BCUT2D eigenvalue weighted by Gasteiger charge is 2.19. The third-order valence-electron chi connectivity index (χ3n) is 3.54. The van der Waals surface area contributed by atoms with Crippen molar-refractivity contribution in [2.24, 2.45) is 5.92 Å². The van der Waals surface area contributed by atoms with E-state index in [1.807, 2.05) is 24.5 Å². The molecule has 0 radical (unpaired) electrons. The fraction of sp³-hybridized carbons (Fsp3) is 0.500. The summed E-state index contributed by atoms with van der Waals surface area (Å²) < 4.78 is 1.74. The van der Waals surface area contributed by atoms with Crippen LogP contribution in [0.5, 0.6) is 0 Å². The molecule has 21 heavy (non-hydrogen) atoms. The van der Waals surface area contributed by atoms with Crippen molar-refractivity contribution in [1.82, 2.24) is 20.1 Å². The topological polar surface area (TPSA) is 63.0 Å². The molecule has 2 heterocycles. The lowest BCUT2D eigenvalue weighted by Gasteiger charge is -2.25. The van der Waals surface area contributed by atoms with E-state index in [1.54, 1.807) is 10.9 Å². The van der Waals surface area contributed by atoms with Crippen LogP contribution in [0.2, 0.25) is 0 Å². The first-order chi connectivity index (χ1) is 10.1. The Bertz CT molecular complexity index is 539. The Morgan fingerprint density at radius 3 is 2.71 bits per heavy atom. The lowest BCUT2D eigenvalue weighted by Crippen LogP contribution is -2.35. The molecule has 0 bridgehead atoms. The van der Waals surface area contributed by atoms with Crippen LogP contribution in [0.25, 0.3) is 0 Å². The molecule has 0 fully saturated rings. The number of nitrogens with zero attached hydrogens (tertiary/aromatic N) is 3. The van der Waals surface area contributed by atoms with Gasteiger partial charge in [-0.1, -0.05) is 19.9 Å². The number of nitrogens with one attached hydrogen (secondary N) is 1. The van der Waals surface area contributed by atoms with Gasteiger partial charge in [0.1, 0.15) is 0 Å². The number of pyridine rings is 1. The molecule has 2 N–H and O–H groups in total. The molecule has 0 spiro atoms. The van der Waals surface area contributed by atoms with Crippen LogP contribution in [0.3, 0.4) is 0 Å². The first-order valence-corrected chi connectivity index (χ1v) is 7.38. The summed E-state index contributed by atoms with van der Waals surface area (Å²) in [7, 11) is 0. The maximum Gasteiger partial charge on any atom is 0.0860 e. The number of hydrogen-bond donors (Lipinski definition) is 2. The Morgan fingerprint density at radius 2 is 2.10 bits per heavy atom. The van der Waals surface area contributed by atoms with Crippen LogP contribution in [-0.4, -0.2) is 32.5 Å². The van der Waals surface area contributed by atoms with Crippen molar-refractivity contribution in [1.29, 1.82) is 0 Å². The van der Waals surface area contributed by atoms with Gasteiger partial charge in [-0.05, 0) is 30.5 Å². The Kier molecular flexibility index (Phi) is 5.47. The summed E-state index contributed by atoms with van der Waals surface area (Å²) in [5.41, 5.74) is 2.23. The quantitative estimate of drug-likeness (QED) is 0.817. The first kappa shape index (κ1) is 15.7. The molecule has 0 aliphatic rings. The van der Waals surface area contributed by atoms with Crippen molar-refractivity contribution in [2.75, 3.05) is 6.54 Å². The van der Waals surface area contributed by atoms with Crippen LogP contribution in [0.4, 0.5) is 0 Å². The van der Waals surface area contributed by atoms with Crippen molar-refractivity contribution < 1.29 is 5.11 Å². The molecule has 2 atom stereocenters. The SMILES string of the molecule is Cc1cccnc1[C@H](NC[C@@H](O)Cn1cccn1)C(C)C. The molecule has 0 aliphatic carbocycles. The Balaban J connectivity index is 1.96. The molecule has 0 saturated carbocycles. The average molecular weight is 288 g/mol. The summed E-state index contributed by atoms with van der Waals surface area (Å²) in [5, 5.41) is 17.7. The largest absolute Gasteiger partial charge is 0.390 e. The summed E-state index contributed by atoms with van der Waals surface area (Å²) in [6.07, 6.45) is 4.91. The second-order valence-electron chi connectivity index (χ2n) is 5.72. The zero-order valence-corrected chi connectivity index (χ0v) is 12.9. The zero-order chi connectivity index (χ0) is 15.2. The van der Waals surface area contributed by atoms with Crippen LogP contribution in [0, 0.1) is 12.8 Å². The van der Waals surface area contributed by atoms with Gasteiger partial charge in [0.05, 0.1) is 24.4 Å². The summed E-state index contributed by atoms with van der Waals surface area (Å²) in [6, 6.07) is 6.01. The molecule has 2 aromatic rings. The average Bonchev–Trinajstić information content (AvgIpc) is 2.93. The molecule has 0 amide bonds. The molecule has 2 aromatic heterocycles. The van der Waals surface area contributed by atoms with E-state index in [0.717, 1.165) is 5.69 Å². The predicted octanol–water partition coefficient (Wildman–Crippen LogP) is 1.93. The molecule has 5 nitrogen and oxygen atoms in total. The van der Waals surface area contributed by atoms with E-state index in [9.17, 15) is 5.11 Å². The van der Waals surface area contributed by atoms with Crippen molar-refractivity contribution in [3.63, 3.8) is 0 Å². The van der Waals surface area contributed by atoms with E-state index in [-0.39, 0.29) is 6.04 Å². The van der Waals surface area contributed by atoms with Gasteiger partial charge in [-0.2, -0.15) is 5.10 Å². The van der Waals surface area contributed by atoms with Crippen LogP contribution >= 0.6 is 0 Å². The van der Waals surface area contributed by atoms with E-state index >= 15 is 0 Å². The van der Waals surface area contributed by atoms with Crippen LogP contribution < -0.4 is 5.32 Å². The first-order valence-electron chi connectivity index (χ1n) is 7.38. The number of aromatic nitrogens is 3. The number of aliphatic hydroxyl groups is 1. The third kappa shape index (κ3) is 4.37. The van der Waals surface area contributed by atoms with Gasteiger partial charge in [-0.15, -0.1) is 0 Å². The van der Waals surface area contributed by atoms with Crippen molar-refractivity contribution >= 4 is 0 Å². The molecule has 0 saturated heterocycles. The summed E-state index contributed by atoms with van der Waals surface area (Å²) >= 11 is 0. The monoisotopic (exact) mass is 288 g/mol. The number of rotatable bonds is 7. The maximum absolute atomic E-state index is 10.1. The summed E-state index contributed by atoms with van der Waals surface area (Å²) in [5.74, 6) is 0.399. The predicted molar refractivity (Wildman–Crippen MR) is 82.8 cm³/mol. The van der Waals surface area contributed by atoms with Gasteiger partial charge in [0.25, 0.3) is 0 Å². The summed E-state index contributed by atoms with van der Waals surface area (Å²) in [4.78, 5) is 4.49. The van der Waals surface area contributed by atoms with E-state index in [1.165, 1.54) is 5.56 Å². The smallest absolute Gasteiger partial charge is 0.0860 e. The Hall–Kier alpha value is -1.72. The summed E-state index contributed by atoms with van der Waals surface area (Å²) in [6.45, 7) is 7.39. The van der Waals surface area contributed by atoms with Gasteiger partial charge >= 0.3 is 0 Å². The van der Waals surface area contributed by atoms with E-state index in [2.05, 4.69) is 42.2 Å². The fourth-order valence-corrected chi connectivity index (χ4v) is 2.42. The minimum Gasteiger partial charge on any atom is -0.390 e. The van der Waals surface area contributed by atoms with Gasteiger partial charge in [-0.25, -0.2) is 0 Å². The lowest BCUT2D eigenvalue weighted by atomic mass is 9.97. The molecular weight excluding hydrogens is 264 g/mol. The fourth-order valence-electron chi connectivity index (χ4n) is 2.42. The number of aliphatic hydroxyl groups excluding tert-OH is 1. The second-order valence-corrected chi connectivity index (χ2v) is 5.72.